The van der Waals surface area contributed by atoms with E-state index >= 15 is 0 Å². The zero-order chi connectivity index (χ0) is 16.8. The zero-order valence-corrected chi connectivity index (χ0v) is 13.8. The van der Waals surface area contributed by atoms with Crippen LogP contribution in [0.5, 0.6) is 0 Å². The Morgan fingerprint density at radius 1 is 0.826 bits per heavy atom. The van der Waals surface area contributed by atoms with Crippen LogP contribution in [0, 0.1) is 0 Å². The smallest absolute Gasteiger partial charge is 0.450 e. The second kappa shape index (κ2) is 12.3. The summed E-state index contributed by atoms with van der Waals surface area (Å²) >= 11 is 0. The normalized spacial score (nSPS) is 9.61. The maximum absolute atomic E-state index is 9.87. The lowest BCUT2D eigenvalue weighted by Crippen LogP contribution is -2.01. The molecule has 0 unspecified atom stereocenters. The van der Waals surface area contributed by atoms with Gasteiger partial charge in [-0.15, -0.1) is 0 Å². The van der Waals surface area contributed by atoms with Gasteiger partial charge in [-0.2, -0.15) is 0 Å². The van der Waals surface area contributed by atoms with Gasteiger partial charge in [0.1, 0.15) is 0 Å². The number of benzene rings is 2. The van der Waals surface area contributed by atoms with E-state index in [2.05, 4.69) is 60.2 Å². The Kier molecular flexibility index (Phi) is 10.0. The van der Waals surface area contributed by atoms with E-state index in [1.807, 2.05) is 12.1 Å². The van der Waals surface area contributed by atoms with Crippen LogP contribution in [0.4, 0.5) is 4.79 Å². The van der Waals surface area contributed by atoms with E-state index in [9.17, 15) is 4.79 Å². The average molecular weight is 314 g/mol. The fourth-order valence-corrected chi connectivity index (χ4v) is 2.13. The predicted octanol–water partition coefficient (Wildman–Crippen LogP) is 6.01. The van der Waals surface area contributed by atoms with E-state index < -0.39 is 6.16 Å². The Labute approximate surface area is 138 Å². The first kappa shape index (κ1) is 18.8. The molecule has 0 bridgehead atoms. The average Bonchev–Trinajstić information content (AvgIpc) is 2.60. The highest BCUT2D eigenvalue weighted by Gasteiger charge is 1.94. The molecule has 0 heterocycles. The SMILES string of the molecule is CCCCCCCOC(=O)O.c1ccc(-c2ccccc2)cc1. The predicted molar refractivity (Wildman–Crippen MR) is 94.6 cm³/mol. The third kappa shape index (κ3) is 9.35. The van der Waals surface area contributed by atoms with Crippen LogP contribution < -0.4 is 0 Å². The Balaban J connectivity index is 0.000000232. The van der Waals surface area contributed by atoms with Crippen molar-refractivity contribution in [2.75, 3.05) is 6.61 Å². The van der Waals surface area contributed by atoms with Crippen molar-refractivity contribution in [1.82, 2.24) is 0 Å². The van der Waals surface area contributed by atoms with E-state index in [1.54, 1.807) is 0 Å². The van der Waals surface area contributed by atoms with Gasteiger partial charge in [-0.05, 0) is 17.5 Å². The first-order chi connectivity index (χ1) is 11.2. The van der Waals surface area contributed by atoms with Gasteiger partial charge in [0.25, 0.3) is 0 Å². The molecule has 2 rings (SSSR count). The summed E-state index contributed by atoms with van der Waals surface area (Å²) < 4.78 is 4.34. The van der Waals surface area contributed by atoms with Crippen molar-refractivity contribution in [2.45, 2.75) is 39.0 Å². The van der Waals surface area contributed by atoms with Crippen molar-refractivity contribution >= 4 is 6.16 Å². The highest BCUT2D eigenvalue weighted by atomic mass is 16.7. The molecule has 0 aliphatic heterocycles. The summed E-state index contributed by atoms with van der Waals surface area (Å²) in [6.45, 7) is 2.49. The van der Waals surface area contributed by atoms with Crippen LogP contribution in [0.1, 0.15) is 39.0 Å². The topological polar surface area (TPSA) is 46.5 Å². The Morgan fingerprint density at radius 2 is 1.30 bits per heavy atom. The minimum atomic E-state index is -1.17. The van der Waals surface area contributed by atoms with E-state index in [1.165, 1.54) is 30.4 Å². The van der Waals surface area contributed by atoms with E-state index in [0.717, 1.165) is 12.8 Å². The number of rotatable bonds is 7. The van der Waals surface area contributed by atoms with Crippen molar-refractivity contribution < 1.29 is 14.6 Å². The molecule has 0 atom stereocenters. The second-order valence-corrected chi connectivity index (χ2v) is 5.26. The second-order valence-electron chi connectivity index (χ2n) is 5.26. The minimum Gasteiger partial charge on any atom is -0.450 e. The highest BCUT2D eigenvalue weighted by Crippen LogP contribution is 2.17. The van der Waals surface area contributed by atoms with Crippen LogP contribution in [0.3, 0.4) is 0 Å². The lowest BCUT2D eigenvalue weighted by molar-refractivity contribution is 0.0899. The van der Waals surface area contributed by atoms with Gasteiger partial charge in [-0.3, -0.25) is 0 Å². The molecular weight excluding hydrogens is 288 g/mol. The monoisotopic (exact) mass is 314 g/mol. The van der Waals surface area contributed by atoms with E-state index in [4.69, 9.17) is 5.11 Å². The highest BCUT2D eigenvalue weighted by molar-refractivity contribution is 5.62. The molecule has 3 heteroatoms. The first-order valence-corrected chi connectivity index (χ1v) is 8.20. The van der Waals surface area contributed by atoms with Crippen LogP contribution in [-0.4, -0.2) is 17.9 Å². The van der Waals surface area contributed by atoms with Gasteiger partial charge < -0.3 is 9.84 Å². The van der Waals surface area contributed by atoms with Crippen molar-refractivity contribution in [2.24, 2.45) is 0 Å². The molecule has 0 aliphatic carbocycles. The molecule has 0 spiro atoms. The number of carbonyl (C=O) groups is 1. The Hall–Kier alpha value is -2.29. The maximum Gasteiger partial charge on any atom is 0.505 e. The molecule has 23 heavy (non-hydrogen) atoms. The van der Waals surface area contributed by atoms with Crippen molar-refractivity contribution in [1.29, 1.82) is 0 Å². The van der Waals surface area contributed by atoms with Crippen molar-refractivity contribution in [3.05, 3.63) is 60.7 Å². The number of hydrogen-bond acceptors (Lipinski definition) is 2. The van der Waals surface area contributed by atoms with Crippen molar-refractivity contribution in [3.8, 4) is 11.1 Å². The summed E-state index contributed by atoms with van der Waals surface area (Å²) in [5.74, 6) is 0. The van der Waals surface area contributed by atoms with Gasteiger partial charge in [0.05, 0.1) is 6.61 Å². The summed E-state index contributed by atoms with van der Waals surface area (Å²) in [5, 5.41) is 8.09. The van der Waals surface area contributed by atoms with Crippen LogP contribution >= 0.6 is 0 Å². The molecule has 2 aromatic rings. The van der Waals surface area contributed by atoms with Crippen LogP contribution in [-0.2, 0) is 4.74 Å². The molecule has 2 aromatic carbocycles. The van der Waals surface area contributed by atoms with Gasteiger partial charge in [-0.25, -0.2) is 4.79 Å². The molecule has 0 fully saturated rings. The summed E-state index contributed by atoms with van der Waals surface area (Å²) in [5.41, 5.74) is 2.55. The van der Waals surface area contributed by atoms with Gasteiger partial charge in [0, 0.05) is 0 Å². The standard InChI is InChI=1S/C12H10.C8H16O3/c1-3-7-11(8-4-1)12-9-5-2-6-10-12;1-2-3-4-5-6-7-11-8(9)10/h1-10H;2-7H2,1H3,(H,9,10). The summed E-state index contributed by atoms with van der Waals surface area (Å²) in [4.78, 5) is 9.87. The van der Waals surface area contributed by atoms with Gasteiger partial charge in [-0.1, -0.05) is 93.3 Å². The third-order valence-corrected chi connectivity index (χ3v) is 3.35. The summed E-state index contributed by atoms with van der Waals surface area (Å²) in [6, 6.07) is 20.8. The Morgan fingerprint density at radius 3 is 1.74 bits per heavy atom. The lowest BCUT2D eigenvalue weighted by Gasteiger charge is -1.99. The molecule has 0 saturated heterocycles. The quantitative estimate of drug-likeness (QED) is 0.503. The van der Waals surface area contributed by atoms with Crippen molar-refractivity contribution in [3.63, 3.8) is 0 Å². The van der Waals surface area contributed by atoms with E-state index in [-0.39, 0.29) is 0 Å². The molecule has 0 aromatic heterocycles. The maximum atomic E-state index is 9.87. The molecular formula is C20H26O3. The first-order valence-electron chi connectivity index (χ1n) is 8.20. The molecule has 0 amide bonds. The van der Waals surface area contributed by atoms with Gasteiger partial charge in [0.15, 0.2) is 0 Å². The Bertz CT molecular complexity index is 486. The fourth-order valence-electron chi connectivity index (χ4n) is 2.13. The number of hydrogen-bond donors (Lipinski definition) is 1. The molecule has 0 aliphatic rings. The summed E-state index contributed by atoms with van der Waals surface area (Å²) in [7, 11) is 0. The number of ether oxygens (including phenoxy) is 1. The van der Waals surface area contributed by atoms with Crippen LogP contribution in [0.15, 0.2) is 60.7 Å². The van der Waals surface area contributed by atoms with Gasteiger partial charge in [0.2, 0.25) is 0 Å². The summed E-state index contributed by atoms with van der Waals surface area (Å²) in [6.07, 6.45) is 4.38. The van der Waals surface area contributed by atoms with Crippen LogP contribution in [0.25, 0.3) is 11.1 Å². The minimum absolute atomic E-state index is 0.346. The fraction of sp³-hybridized carbons (Fsp3) is 0.350. The van der Waals surface area contributed by atoms with Gasteiger partial charge >= 0.3 is 6.16 Å². The molecule has 3 nitrogen and oxygen atoms in total. The lowest BCUT2D eigenvalue weighted by atomic mass is 10.1. The van der Waals surface area contributed by atoms with Crippen LogP contribution in [0.2, 0.25) is 0 Å². The molecule has 1 N–H and O–H groups in total. The number of unbranched alkanes of at least 4 members (excludes halogenated alkanes) is 4. The molecule has 0 radical (unpaired) electrons. The van der Waals surface area contributed by atoms with E-state index in [0.29, 0.717) is 6.61 Å². The number of carboxylic acid groups (broad SMARTS) is 1. The zero-order valence-electron chi connectivity index (χ0n) is 13.8. The third-order valence-electron chi connectivity index (χ3n) is 3.35. The molecule has 0 saturated carbocycles. The molecule has 124 valence electrons. The largest absolute Gasteiger partial charge is 0.505 e.